The summed E-state index contributed by atoms with van der Waals surface area (Å²) in [6, 6.07) is 9.66. The van der Waals surface area contributed by atoms with Crippen LogP contribution in [0.5, 0.6) is 0 Å². The second-order valence-corrected chi connectivity index (χ2v) is 9.29. The molecule has 0 heterocycles. The molecule has 1 N–H and O–H groups in total. The lowest BCUT2D eigenvalue weighted by atomic mass is 9.93. The van der Waals surface area contributed by atoms with E-state index in [1.54, 1.807) is 31.2 Å². The molecule has 0 aromatic heterocycles. The normalized spacial score (nSPS) is 12.1. The molecule has 0 radical (unpaired) electrons. The van der Waals surface area contributed by atoms with Gasteiger partial charge in [-0.15, -0.1) is 0 Å². The molecule has 1 amide bonds. The number of nitrogens with one attached hydrogen (secondary N) is 1. The van der Waals surface area contributed by atoms with Crippen molar-refractivity contribution in [1.82, 2.24) is 5.32 Å². The largest absolute Gasteiger partial charge is 0.343 e. The summed E-state index contributed by atoms with van der Waals surface area (Å²) in [5.41, 5.74) is 1.07. The zero-order valence-electron chi connectivity index (χ0n) is 14.4. The highest BCUT2D eigenvalue weighted by Gasteiger charge is 2.25. The number of halogens is 2. The van der Waals surface area contributed by atoms with Crippen molar-refractivity contribution in [2.45, 2.75) is 31.2 Å². The lowest BCUT2D eigenvalue weighted by Gasteiger charge is -2.27. The van der Waals surface area contributed by atoms with Gasteiger partial charge in [-0.05, 0) is 56.2 Å². The maximum atomic E-state index is 12.7. The molecule has 2 rings (SSSR count). The first-order valence-electron chi connectivity index (χ1n) is 7.50. The first-order valence-corrected chi connectivity index (χ1v) is 10.2. The Balaban J connectivity index is 2.36. The van der Waals surface area contributed by atoms with E-state index in [1.807, 2.05) is 13.8 Å². The molecule has 0 atom stereocenters. The van der Waals surface area contributed by atoms with Crippen molar-refractivity contribution in [3.63, 3.8) is 0 Å². The summed E-state index contributed by atoms with van der Waals surface area (Å²) in [6.07, 6.45) is 1.11. The molecule has 0 saturated heterocycles. The summed E-state index contributed by atoms with van der Waals surface area (Å²) in [5.74, 6) is -0.362. The van der Waals surface area contributed by atoms with Crippen molar-refractivity contribution in [1.29, 1.82) is 0 Å². The third-order valence-electron chi connectivity index (χ3n) is 3.95. The van der Waals surface area contributed by atoms with E-state index in [-0.39, 0.29) is 10.8 Å². The fourth-order valence-corrected chi connectivity index (χ4v) is 3.33. The van der Waals surface area contributed by atoms with Crippen molar-refractivity contribution >= 4 is 38.9 Å². The molecular weight excluding hydrogens is 381 g/mol. The first-order chi connectivity index (χ1) is 11.4. The van der Waals surface area contributed by atoms with Crippen LogP contribution in [0.3, 0.4) is 0 Å². The number of carbonyl (C=O) groups excluding carboxylic acids is 1. The highest BCUT2D eigenvalue weighted by Crippen LogP contribution is 2.29. The van der Waals surface area contributed by atoms with Gasteiger partial charge in [0.2, 0.25) is 0 Å². The smallest absolute Gasteiger partial charge is 0.252 e. The molecule has 0 saturated carbocycles. The van der Waals surface area contributed by atoms with E-state index in [0.29, 0.717) is 21.2 Å². The zero-order chi connectivity index (χ0) is 19.0. The number of amides is 1. The van der Waals surface area contributed by atoms with Crippen LogP contribution in [0.15, 0.2) is 41.3 Å². The second kappa shape index (κ2) is 6.98. The van der Waals surface area contributed by atoms with Crippen molar-refractivity contribution in [2.24, 2.45) is 0 Å². The molecule has 0 fully saturated rings. The van der Waals surface area contributed by atoms with Gasteiger partial charge in [0, 0.05) is 11.8 Å². The Morgan fingerprint density at radius 1 is 1.04 bits per heavy atom. The van der Waals surface area contributed by atoms with E-state index in [4.69, 9.17) is 23.2 Å². The van der Waals surface area contributed by atoms with Crippen LogP contribution < -0.4 is 5.32 Å². The van der Waals surface area contributed by atoms with Crippen LogP contribution in [0.2, 0.25) is 10.0 Å². The number of aryl methyl sites for hydroxylation is 1. The minimum absolute atomic E-state index is 0.107. The van der Waals surface area contributed by atoms with Gasteiger partial charge < -0.3 is 5.32 Å². The Morgan fingerprint density at radius 2 is 1.68 bits per heavy atom. The van der Waals surface area contributed by atoms with E-state index in [0.717, 1.165) is 11.8 Å². The molecule has 2 aromatic rings. The summed E-state index contributed by atoms with van der Waals surface area (Å²) in [6.45, 7) is 5.42. The Labute approximate surface area is 158 Å². The fraction of sp³-hybridized carbons (Fsp3) is 0.278. The highest BCUT2D eigenvalue weighted by molar-refractivity contribution is 7.90. The number of sulfone groups is 1. The van der Waals surface area contributed by atoms with Crippen LogP contribution >= 0.6 is 23.2 Å². The van der Waals surface area contributed by atoms with Crippen LogP contribution in [0.25, 0.3) is 0 Å². The van der Waals surface area contributed by atoms with Crippen LogP contribution in [-0.2, 0) is 15.4 Å². The predicted molar refractivity (Wildman–Crippen MR) is 101 cm³/mol. The molecular formula is C18H19Cl2NO3S. The van der Waals surface area contributed by atoms with Crippen LogP contribution in [0.4, 0.5) is 0 Å². The number of hydrogen-bond acceptors (Lipinski definition) is 3. The number of rotatable bonds is 4. The average molecular weight is 400 g/mol. The standard InChI is InChI=1S/C18H19Cl2NO3S/c1-11-5-7-13(25(4,23)24)10-14(11)17(22)21-18(2,3)12-6-8-15(19)16(20)9-12/h5-10H,1-4H3,(H,21,22). The lowest BCUT2D eigenvalue weighted by Crippen LogP contribution is -2.41. The molecule has 7 heteroatoms. The number of benzene rings is 2. The highest BCUT2D eigenvalue weighted by atomic mass is 35.5. The van der Waals surface area contributed by atoms with Gasteiger partial charge in [-0.2, -0.15) is 0 Å². The van der Waals surface area contributed by atoms with Gasteiger partial charge in [0.05, 0.1) is 20.5 Å². The van der Waals surface area contributed by atoms with E-state index in [2.05, 4.69) is 5.32 Å². The third kappa shape index (κ3) is 4.54. The van der Waals surface area contributed by atoms with E-state index in [1.165, 1.54) is 12.1 Å². The Morgan fingerprint density at radius 3 is 2.24 bits per heavy atom. The lowest BCUT2D eigenvalue weighted by molar-refractivity contribution is 0.0911. The maximum absolute atomic E-state index is 12.7. The second-order valence-electron chi connectivity index (χ2n) is 6.46. The summed E-state index contributed by atoms with van der Waals surface area (Å²) in [7, 11) is -3.39. The monoisotopic (exact) mass is 399 g/mol. The van der Waals surface area contributed by atoms with Crippen LogP contribution in [0, 0.1) is 6.92 Å². The molecule has 0 spiro atoms. The molecule has 0 aliphatic rings. The number of carbonyl (C=O) groups is 1. The van der Waals surface area contributed by atoms with E-state index >= 15 is 0 Å². The molecule has 0 unspecified atom stereocenters. The molecule has 2 aromatic carbocycles. The summed E-state index contributed by atoms with van der Waals surface area (Å²) >= 11 is 12.0. The Hall–Kier alpha value is -1.56. The SMILES string of the molecule is Cc1ccc(S(C)(=O)=O)cc1C(=O)NC(C)(C)c1ccc(Cl)c(Cl)c1. The first kappa shape index (κ1) is 19.8. The zero-order valence-corrected chi connectivity index (χ0v) is 16.7. The maximum Gasteiger partial charge on any atom is 0.252 e. The van der Waals surface area contributed by atoms with Gasteiger partial charge in [-0.25, -0.2) is 8.42 Å². The Bertz CT molecular complexity index is 937. The van der Waals surface area contributed by atoms with Gasteiger partial charge in [-0.3, -0.25) is 4.79 Å². The van der Waals surface area contributed by atoms with Gasteiger partial charge in [-0.1, -0.05) is 35.3 Å². The van der Waals surface area contributed by atoms with Crippen LogP contribution in [-0.4, -0.2) is 20.6 Å². The molecule has 0 bridgehead atoms. The number of hydrogen-bond donors (Lipinski definition) is 1. The van der Waals surface area contributed by atoms with Crippen LogP contribution in [0.1, 0.15) is 35.3 Å². The van der Waals surface area contributed by atoms with E-state index in [9.17, 15) is 13.2 Å². The Kier molecular flexibility index (Phi) is 5.52. The van der Waals surface area contributed by atoms with Gasteiger partial charge in [0.15, 0.2) is 9.84 Å². The summed E-state index contributed by atoms with van der Waals surface area (Å²) < 4.78 is 23.5. The van der Waals surface area contributed by atoms with Crippen molar-refractivity contribution in [3.05, 3.63) is 63.1 Å². The average Bonchev–Trinajstić information content (AvgIpc) is 2.48. The minimum Gasteiger partial charge on any atom is -0.343 e. The minimum atomic E-state index is -3.39. The van der Waals surface area contributed by atoms with E-state index < -0.39 is 15.4 Å². The van der Waals surface area contributed by atoms with Crippen molar-refractivity contribution < 1.29 is 13.2 Å². The third-order valence-corrected chi connectivity index (χ3v) is 5.80. The van der Waals surface area contributed by atoms with Gasteiger partial charge in [0.25, 0.3) is 5.91 Å². The van der Waals surface area contributed by atoms with Crippen molar-refractivity contribution in [3.8, 4) is 0 Å². The summed E-state index contributed by atoms with van der Waals surface area (Å²) in [5, 5.41) is 3.75. The molecule has 4 nitrogen and oxygen atoms in total. The quantitative estimate of drug-likeness (QED) is 0.829. The topological polar surface area (TPSA) is 63.2 Å². The molecule has 25 heavy (non-hydrogen) atoms. The molecule has 0 aliphatic carbocycles. The fourth-order valence-electron chi connectivity index (χ4n) is 2.38. The van der Waals surface area contributed by atoms with Crippen molar-refractivity contribution in [2.75, 3.05) is 6.26 Å². The predicted octanol–water partition coefficient (Wildman–Crippen LogP) is 4.37. The van der Waals surface area contributed by atoms with Gasteiger partial charge in [0.1, 0.15) is 0 Å². The summed E-state index contributed by atoms with van der Waals surface area (Å²) in [4.78, 5) is 12.8. The molecule has 134 valence electrons. The molecule has 0 aliphatic heterocycles. The van der Waals surface area contributed by atoms with Gasteiger partial charge >= 0.3 is 0 Å².